The average Bonchev–Trinajstić information content (AvgIpc) is 2.62. The van der Waals surface area contributed by atoms with Crippen LogP contribution >= 0.6 is 0 Å². The van der Waals surface area contributed by atoms with Gasteiger partial charge < -0.3 is 14.7 Å². The van der Waals surface area contributed by atoms with Crippen molar-refractivity contribution in [1.29, 1.82) is 0 Å². The van der Waals surface area contributed by atoms with Gasteiger partial charge in [0.25, 0.3) is 0 Å². The maximum Gasteiger partial charge on any atom is 0.416 e. The van der Waals surface area contributed by atoms with E-state index in [4.69, 9.17) is 9.57 Å². The number of phenols is 1. The lowest BCUT2D eigenvalue weighted by Crippen LogP contribution is -2.08. The van der Waals surface area contributed by atoms with Crippen LogP contribution in [0.25, 0.3) is 0 Å². The SMILES string of the molecule is CCOC(=O)c1cc(O)ccc1CC=NOCc1ccc(C(F)(F)F)cc1. The highest BCUT2D eigenvalue weighted by Gasteiger charge is 2.29. The van der Waals surface area contributed by atoms with Crippen molar-refractivity contribution in [3.8, 4) is 5.75 Å². The van der Waals surface area contributed by atoms with Gasteiger partial charge in [-0.2, -0.15) is 13.2 Å². The molecule has 144 valence electrons. The van der Waals surface area contributed by atoms with Gasteiger partial charge in [-0.15, -0.1) is 0 Å². The Morgan fingerprint density at radius 1 is 1.19 bits per heavy atom. The van der Waals surface area contributed by atoms with Crippen LogP contribution in [0.15, 0.2) is 47.6 Å². The van der Waals surface area contributed by atoms with E-state index in [1.807, 2.05) is 0 Å². The van der Waals surface area contributed by atoms with E-state index in [2.05, 4.69) is 5.16 Å². The number of alkyl halides is 3. The Labute approximate surface area is 154 Å². The molecule has 0 fully saturated rings. The number of halogens is 3. The van der Waals surface area contributed by atoms with E-state index in [1.165, 1.54) is 30.5 Å². The van der Waals surface area contributed by atoms with Crippen LogP contribution in [-0.4, -0.2) is 23.9 Å². The van der Waals surface area contributed by atoms with Crippen LogP contribution in [0.5, 0.6) is 5.75 Å². The Morgan fingerprint density at radius 2 is 1.89 bits per heavy atom. The maximum atomic E-state index is 12.5. The Hall–Kier alpha value is -3.03. The van der Waals surface area contributed by atoms with Crippen molar-refractivity contribution in [2.45, 2.75) is 26.1 Å². The van der Waals surface area contributed by atoms with Crippen molar-refractivity contribution in [2.75, 3.05) is 6.61 Å². The summed E-state index contributed by atoms with van der Waals surface area (Å²) in [4.78, 5) is 17.0. The van der Waals surface area contributed by atoms with E-state index in [-0.39, 0.29) is 30.9 Å². The van der Waals surface area contributed by atoms with Gasteiger partial charge in [-0.3, -0.25) is 0 Å². The summed E-state index contributed by atoms with van der Waals surface area (Å²) in [6, 6.07) is 8.91. The Balaban J connectivity index is 1.92. The smallest absolute Gasteiger partial charge is 0.416 e. The molecule has 0 atom stereocenters. The second-order valence-corrected chi connectivity index (χ2v) is 5.52. The van der Waals surface area contributed by atoms with Gasteiger partial charge in [0, 0.05) is 12.6 Å². The number of oxime groups is 1. The molecule has 0 aromatic heterocycles. The molecule has 0 saturated carbocycles. The molecule has 5 nitrogen and oxygen atoms in total. The summed E-state index contributed by atoms with van der Waals surface area (Å²) >= 11 is 0. The topological polar surface area (TPSA) is 68.1 Å². The number of carbonyl (C=O) groups is 1. The van der Waals surface area contributed by atoms with Crippen LogP contribution in [0.2, 0.25) is 0 Å². The highest BCUT2D eigenvalue weighted by atomic mass is 19.4. The molecule has 8 heteroatoms. The van der Waals surface area contributed by atoms with Gasteiger partial charge in [0.1, 0.15) is 12.4 Å². The first-order valence-electron chi connectivity index (χ1n) is 8.10. The minimum Gasteiger partial charge on any atom is -0.508 e. The quantitative estimate of drug-likeness (QED) is 0.440. The van der Waals surface area contributed by atoms with E-state index >= 15 is 0 Å². The third-order valence-corrected chi connectivity index (χ3v) is 3.56. The first kappa shape index (κ1) is 20.3. The predicted octanol–water partition coefficient (Wildman–Crippen LogP) is 4.33. The number of nitrogens with zero attached hydrogens (tertiary/aromatic N) is 1. The summed E-state index contributed by atoms with van der Waals surface area (Å²) < 4.78 is 42.4. The molecule has 0 unspecified atom stereocenters. The lowest BCUT2D eigenvalue weighted by atomic mass is 10.0. The molecule has 0 aliphatic rings. The zero-order chi connectivity index (χ0) is 19.9. The number of rotatable bonds is 7. The summed E-state index contributed by atoms with van der Waals surface area (Å²) in [6.07, 6.45) is -2.71. The number of phenolic OH excluding ortho intramolecular Hbond substituents is 1. The van der Waals surface area contributed by atoms with Crippen molar-refractivity contribution in [3.63, 3.8) is 0 Å². The second-order valence-electron chi connectivity index (χ2n) is 5.52. The number of esters is 1. The molecule has 0 saturated heterocycles. The van der Waals surface area contributed by atoms with Crippen LogP contribution in [-0.2, 0) is 28.8 Å². The fourth-order valence-electron chi connectivity index (χ4n) is 2.23. The van der Waals surface area contributed by atoms with Gasteiger partial charge in [0.05, 0.1) is 17.7 Å². The van der Waals surface area contributed by atoms with Crippen LogP contribution in [0.4, 0.5) is 13.2 Å². The molecule has 0 aliphatic carbocycles. The lowest BCUT2D eigenvalue weighted by molar-refractivity contribution is -0.137. The van der Waals surface area contributed by atoms with E-state index in [0.29, 0.717) is 11.1 Å². The van der Waals surface area contributed by atoms with E-state index < -0.39 is 17.7 Å². The molecule has 0 heterocycles. The first-order valence-corrected chi connectivity index (χ1v) is 8.10. The minimum absolute atomic E-state index is 0.00888. The molecule has 0 aliphatic heterocycles. The molecule has 27 heavy (non-hydrogen) atoms. The largest absolute Gasteiger partial charge is 0.508 e. The Bertz CT molecular complexity index is 802. The molecule has 0 spiro atoms. The Kier molecular flexibility index (Phi) is 6.81. The maximum absolute atomic E-state index is 12.5. The normalized spacial score (nSPS) is 11.6. The molecule has 0 radical (unpaired) electrons. The van der Waals surface area contributed by atoms with E-state index in [0.717, 1.165) is 12.1 Å². The fourth-order valence-corrected chi connectivity index (χ4v) is 2.23. The predicted molar refractivity (Wildman–Crippen MR) is 92.5 cm³/mol. The second kappa shape index (κ2) is 9.07. The van der Waals surface area contributed by atoms with Gasteiger partial charge in [-0.25, -0.2) is 4.79 Å². The van der Waals surface area contributed by atoms with Crippen molar-refractivity contribution in [2.24, 2.45) is 5.16 Å². The summed E-state index contributed by atoms with van der Waals surface area (Å²) in [5, 5.41) is 13.3. The van der Waals surface area contributed by atoms with Crippen LogP contribution in [0, 0.1) is 0 Å². The third kappa shape index (κ3) is 6.02. The minimum atomic E-state index is -4.38. The van der Waals surface area contributed by atoms with Crippen LogP contribution in [0.1, 0.15) is 34.0 Å². The zero-order valence-electron chi connectivity index (χ0n) is 14.5. The van der Waals surface area contributed by atoms with Gasteiger partial charge in [-0.05, 0) is 42.3 Å². The molecule has 0 amide bonds. The molecule has 1 N–H and O–H groups in total. The molecular weight excluding hydrogens is 363 g/mol. The number of ether oxygens (including phenoxy) is 1. The van der Waals surface area contributed by atoms with Gasteiger partial charge in [0.15, 0.2) is 0 Å². The summed E-state index contributed by atoms with van der Waals surface area (Å²) in [7, 11) is 0. The molecular formula is C19H18F3NO4. The zero-order valence-corrected chi connectivity index (χ0v) is 14.5. The number of hydrogen-bond acceptors (Lipinski definition) is 5. The summed E-state index contributed by atoms with van der Waals surface area (Å²) in [5.74, 6) is -0.611. The number of hydrogen-bond donors (Lipinski definition) is 1. The monoisotopic (exact) mass is 381 g/mol. The Morgan fingerprint density at radius 3 is 2.52 bits per heavy atom. The summed E-state index contributed by atoms with van der Waals surface area (Å²) in [6.45, 7) is 1.89. The molecule has 2 aromatic rings. The highest BCUT2D eigenvalue weighted by Crippen LogP contribution is 2.29. The fraction of sp³-hybridized carbons (Fsp3) is 0.263. The number of carbonyl (C=O) groups excluding carboxylic acids is 1. The van der Waals surface area contributed by atoms with E-state index in [1.54, 1.807) is 13.0 Å². The van der Waals surface area contributed by atoms with Gasteiger partial charge in [0.2, 0.25) is 0 Å². The molecule has 2 aromatic carbocycles. The van der Waals surface area contributed by atoms with Crippen LogP contribution in [0.3, 0.4) is 0 Å². The van der Waals surface area contributed by atoms with Crippen molar-refractivity contribution < 1.29 is 32.6 Å². The van der Waals surface area contributed by atoms with Crippen molar-refractivity contribution in [3.05, 3.63) is 64.7 Å². The standard InChI is InChI=1S/C19H18F3NO4/c1-2-26-18(25)17-11-16(24)8-5-14(17)9-10-23-27-12-13-3-6-15(7-4-13)19(20,21)22/h3-8,10-11,24H,2,9,12H2,1H3. The van der Waals surface area contributed by atoms with E-state index in [9.17, 15) is 23.1 Å². The molecule has 2 rings (SSSR count). The number of aromatic hydroxyl groups is 1. The van der Waals surface area contributed by atoms with Crippen molar-refractivity contribution in [1.82, 2.24) is 0 Å². The molecule has 0 bridgehead atoms. The van der Waals surface area contributed by atoms with Crippen molar-refractivity contribution >= 4 is 12.2 Å². The summed E-state index contributed by atoms with van der Waals surface area (Å²) in [5.41, 5.74) is 0.629. The number of benzene rings is 2. The van der Waals surface area contributed by atoms with Gasteiger partial charge >= 0.3 is 12.1 Å². The van der Waals surface area contributed by atoms with Crippen LogP contribution < -0.4 is 0 Å². The average molecular weight is 381 g/mol. The van der Waals surface area contributed by atoms with Gasteiger partial charge in [-0.1, -0.05) is 23.4 Å². The highest BCUT2D eigenvalue weighted by molar-refractivity contribution is 5.92. The lowest BCUT2D eigenvalue weighted by Gasteiger charge is -2.08. The first-order chi connectivity index (χ1) is 12.8. The third-order valence-electron chi connectivity index (χ3n) is 3.56.